The quantitative estimate of drug-likeness (QED) is 0.696. The maximum Gasteiger partial charge on any atom is 0.216 e. The second kappa shape index (κ2) is 5.66. The van der Waals surface area contributed by atoms with Crippen LogP contribution in [0, 0.1) is 5.41 Å². The van der Waals surface area contributed by atoms with Gasteiger partial charge in [-0.1, -0.05) is 26.0 Å². The molecule has 0 bridgehead atoms. The van der Waals surface area contributed by atoms with E-state index in [2.05, 4.69) is 9.97 Å². The van der Waals surface area contributed by atoms with Crippen molar-refractivity contribution in [1.29, 1.82) is 0 Å². The Morgan fingerprint density at radius 2 is 1.91 bits per heavy atom. The fraction of sp³-hybridized carbons (Fsp3) is 0.333. The Morgan fingerprint density at radius 1 is 1.22 bits per heavy atom. The number of aliphatic hydroxyl groups is 1. The minimum Gasteiger partial charge on any atom is -0.392 e. The molecule has 1 heterocycles. The van der Waals surface area contributed by atoms with Crippen LogP contribution in [0.15, 0.2) is 41.6 Å². The summed E-state index contributed by atoms with van der Waals surface area (Å²) in [4.78, 5) is 33.7. The molecule has 1 aliphatic carbocycles. The Kier molecular flexibility index (Phi) is 3.82. The van der Waals surface area contributed by atoms with Crippen molar-refractivity contribution in [3.63, 3.8) is 0 Å². The standard InChI is InChI=1S/C18H18N2O3/c1-18(2)7-11(10-21)16(15(22)8-18)17(23)14-9-19-12-5-3-4-6-13(12)20-14/h3-6,9,21H,7-8,10H2,1-2H3. The first kappa shape index (κ1) is 15.5. The molecule has 0 radical (unpaired) electrons. The Bertz CT molecular complexity index is 837. The van der Waals surface area contributed by atoms with Gasteiger partial charge >= 0.3 is 0 Å². The first-order valence-electron chi connectivity index (χ1n) is 7.54. The van der Waals surface area contributed by atoms with Crippen molar-refractivity contribution in [2.75, 3.05) is 6.61 Å². The number of nitrogens with zero attached hydrogens (tertiary/aromatic N) is 2. The smallest absolute Gasteiger partial charge is 0.216 e. The molecule has 0 amide bonds. The second-order valence-corrected chi connectivity index (χ2v) is 6.65. The fourth-order valence-electron chi connectivity index (χ4n) is 3.07. The van der Waals surface area contributed by atoms with Crippen molar-refractivity contribution < 1.29 is 14.7 Å². The molecule has 5 nitrogen and oxygen atoms in total. The number of para-hydroxylation sites is 2. The number of aliphatic hydroxyl groups excluding tert-OH is 1. The molecule has 1 aromatic carbocycles. The largest absolute Gasteiger partial charge is 0.392 e. The van der Waals surface area contributed by atoms with Crippen molar-refractivity contribution >= 4 is 22.6 Å². The van der Waals surface area contributed by atoms with Gasteiger partial charge in [-0.2, -0.15) is 0 Å². The van der Waals surface area contributed by atoms with Crippen LogP contribution in [0.4, 0.5) is 0 Å². The van der Waals surface area contributed by atoms with Crippen molar-refractivity contribution in [2.24, 2.45) is 5.41 Å². The number of fused-ring (bicyclic) bond motifs is 1. The summed E-state index contributed by atoms with van der Waals surface area (Å²) < 4.78 is 0. The van der Waals surface area contributed by atoms with Gasteiger partial charge in [-0.25, -0.2) is 4.98 Å². The zero-order chi connectivity index (χ0) is 16.6. The van der Waals surface area contributed by atoms with Crippen molar-refractivity contribution in [3.05, 3.63) is 47.3 Å². The topological polar surface area (TPSA) is 80.2 Å². The molecule has 0 aliphatic heterocycles. The highest BCUT2D eigenvalue weighted by Crippen LogP contribution is 2.37. The molecule has 3 rings (SSSR count). The van der Waals surface area contributed by atoms with E-state index in [-0.39, 0.29) is 29.1 Å². The Morgan fingerprint density at radius 3 is 2.61 bits per heavy atom. The highest BCUT2D eigenvalue weighted by Gasteiger charge is 2.36. The summed E-state index contributed by atoms with van der Waals surface area (Å²) in [5.74, 6) is -0.682. The number of Topliss-reactive ketones (excluding diaryl/α,β-unsaturated/α-hetero) is 2. The van der Waals surface area contributed by atoms with Gasteiger partial charge in [-0.3, -0.25) is 14.6 Å². The lowest BCUT2D eigenvalue weighted by Gasteiger charge is -2.31. The van der Waals surface area contributed by atoms with Gasteiger partial charge < -0.3 is 5.11 Å². The monoisotopic (exact) mass is 310 g/mol. The van der Waals surface area contributed by atoms with Gasteiger partial charge in [0.25, 0.3) is 0 Å². The third-order valence-electron chi connectivity index (χ3n) is 4.06. The van der Waals surface area contributed by atoms with Crippen molar-refractivity contribution in [1.82, 2.24) is 9.97 Å². The molecule has 2 aromatic rings. The summed E-state index contributed by atoms with van der Waals surface area (Å²) in [5, 5.41) is 9.58. The molecule has 0 saturated heterocycles. The molecule has 0 fully saturated rings. The molecular weight excluding hydrogens is 292 g/mol. The van der Waals surface area contributed by atoms with E-state index in [9.17, 15) is 14.7 Å². The molecule has 1 aliphatic rings. The lowest BCUT2D eigenvalue weighted by Crippen LogP contribution is -2.30. The molecule has 0 atom stereocenters. The third kappa shape index (κ3) is 2.92. The molecular formula is C18H18N2O3. The van der Waals surface area contributed by atoms with Crippen LogP contribution < -0.4 is 0 Å². The molecule has 1 aromatic heterocycles. The lowest BCUT2D eigenvalue weighted by molar-refractivity contribution is -0.117. The van der Waals surface area contributed by atoms with E-state index in [1.165, 1.54) is 6.20 Å². The van der Waals surface area contributed by atoms with Crippen LogP contribution >= 0.6 is 0 Å². The number of hydrogen-bond donors (Lipinski definition) is 1. The van der Waals surface area contributed by atoms with Crippen molar-refractivity contribution in [3.8, 4) is 0 Å². The lowest BCUT2D eigenvalue weighted by atomic mass is 9.72. The van der Waals surface area contributed by atoms with Gasteiger partial charge in [0.2, 0.25) is 5.78 Å². The zero-order valence-electron chi connectivity index (χ0n) is 13.2. The summed E-state index contributed by atoms with van der Waals surface area (Å²) in [6.45, 7) is 3.62. The average Bonchev–Trinajstić information content (AvgIpc) is 2.52. The van der Waals surface area contributed by atoms with Crippen LogP contribution in [0.25, 0.3) is 11.0 Å². The molecule has 1 N–H and O–H groups in total. The highest BCUT2D eigenvalue weighted by molar-refractivity contribution is 6.26. The second-order valence-electron chi connectivity index (χ2n) is 6.65. The van der Waals surface area contributed by atoms with E-state index in [0.717, 1.165) is 0 Å². The van der Waals surface area contributed by atoms with E-state index in [0.29, 0.717) is 29.4 Å². The van der Waals surface area contributed by atoms with Crippen LogP contribution in [-0.2, 0) is 4.79 Å². The van der Waals surface area contributed by atoms with Gasteiger partial charge in [-0.05, 0) is 29.5 Å². The summed E-state index contributed by atoms with van der Waals surface area (Å²) in [6, 6.07) is 7.24. The van der Waals surface area contributed by atoms with Crippen LogP contribution in [-0.4, -0.2) is 33.2 Å². The minimum absolute atomic E-state index is 0.0800. The highest BCUT2D eigenvalue weighted by atomic mass is 16.3. The van der Waals surface area contributed by atoms with Gasteiger partial charge in [0.05, 0.1) is 29.4 Å². The van der Waals surface area contributed by atoms with Crippen LogP contribution in [0.3, 0.4) is 0 Å². The summed E-state index contributed by atoms with van der Waals surface area (Å²) in [7, 11) is 0. The Balaban J connectivity index is 2.06. The number of allylic oxidation sites excluding steroid dienone is 1. The van der Waals surface area contributed by atoms with Gasteiger partial charge in [0.1, 0.15) is 5.69 Å². The molecule has 23 heavy (non-hydrogen) atoms. The molecule has 0 unspecified atom stereocenters. The predicted molar refractivity (Wildman–Crippen MR) is 86.0 cm³/mol. The van der Waals surface area contributed by atoms with Crippen molar-refractivity contribution in [2.45, 2.75) is 26.7 Å². The summed E-state index contributed by atoms with van der Waals surface area (Å²) >= 11 is 0. The number of benzene rings is 1. The first-order chi connectivity index (χ1) is 10.9. The molecule has 118 valence electrons. The van der Waals surface area contributed by atoms with E-state index >= 15 is 0 Å². The normalized spacial score (nSPS) is 17.6. The van der Waals surface area contributed by atoms with Gasteiger partial charge in [0, 0.05) is 6.42 Å². The Hall–Kier alpha value is -2.40. The summed E-state index contributed by atoms with van der Waals surface area (Å²) in [5.41, 5.74) is 1.76. The van der Waals surface area contributed by atoms with E-state index in [4.69, 9.17) is 0 Å². The van der Waals surface area contributed by atoms with E-state index < -0.39 is 5.78 Å². The number of ketones is 2. The average molecular weight is 310 g/mol. The minimum atomic E-state index is -0.451. The summed E-state index contributed by atoms with van der Waals surface area (Å²) in [6.07, 6.45) is 2.20. The SMILES string of the molecule is CC1(C)CC(=O)C(C(=O)c2cnc3ccccc3n2)=C(CO)C1. The molecule has 5 heteroatoms. The van der Waals surface area contributed by atoms with Crippen LogP contribution in [0.5, 0.6) is 0 Å². The van der Waals surface area contributed by atoms with Gasteiger partial charge in [-0.15, -0.1) is 0 Å². The Labute approximate surface area is 134 Å². The number of rotatable bonds is 3. The number of carbonyl (C=O) groups excluding carboxylic acids is 2. The van der Waals surface area contributed by atoms with E-state index in [1.807, 2.05) is 32.0 Å². The van der Waals surface area contributed by atoms with Crippen LogP contribution in [0.2, 0.25) is 0 Å². The van der Waals surface area contributed by atoms with Crippen LogP contribution in [0.1, 0.15) is 37.2 Å². The number of aromatic nitrogens is 2. The first-order valence-corrected chi connectivity index (χ1v) is 7.54. The molecule has 0 spiro atoms. The third-order valence-corrected chi connectivity index (χ3v) is 4.06. The predicted octanol–water partition coefficient (Wildman–Crippen LogP) is 2.49. The van der Waals surface area contributed by atoms with Gasteiger partial charge in [0.15, 0.2) is 5.78 Å². The zero-order valence-corrected chi connectivity index (χ0v) is 13.2. The maximum absolute atomic E-state index is 12.7. The maximum atomic E-state index is 12.7. The molecule has 0 saturated carbocycles. The van der Waals surface area contributed by atoms with E-state index in [1.54, 1.807) is 6.07 Å². The fourth-order valence-corrected chi connectivity index (χ4v) is 3.07. The number of hydrogen-bond acceptors (Lipinski definition) is 5. The number of carbonyl (C=O) groups is 2.